The predicted molar refractivity (Wildman–Crippen MR) is 136 cm³/mol. The van der Waals surface area contributed by atoms with Crippen molar-refractivity contribution in [2.24, 2.45) is 0 Å². The number of fused-ring (bicyclic) bond motifs is 1. The van der Waals surface area contributed by atoms with Gasteiger partial charge in [-0.2, -0.15) is 0 Å². The lowest BCUT2D eigenvalue weighted by molar-refractivity contribution is 0.0733. The number of likely N-dealkylation sites (tertiary alicyclic amines) is 1. The number of hydrogen-bond acceptors (Lipinski definition) is 6. The molecule has 4 aromatic rings. The number of pyridine rings is 2. The van der Waals surface area contributed by atoms with E-state index in [4.69, 9.17) is 4.74 Å². The second-order valence-corrected chi connectivity index (χ2v) is 8.91. The second kappa shape index (κ2) is 10.2. The van der Waals surface area contributed by atoms with Crippen molar-refractivity contribution in [2.45, 2.75) is 32.4 Å². The number of benzene rings is 1. The van der Waals surface area contributed by atoms with E-state index in [-0.39, 0.29) is 23.6 Å². The quantitative estimate of drug-likeness (QED) is 0.425. The monoisotopic (exact) mass is 484 g/mol. The van der Waals surface area contributed by atoms with Crippen LogP contribution in [-0.2, 0) is 11.3 Å². The fraction of sp³-hybridized carbons (Fsp3) is 0.296. The maximum absolute atomic E-state index is 13.5. The molecule has 0 aliphatic carbocycles. The Kier molecular flexibility index (Phi) is 6.73. The summed E-state index contributed by atoms with van der Waals surface area (Å²) in [4.78, 5) is 41.4. The second-order valence-electron chi connectivity index (χ2n) is 8.91. The minimum Gasteiger partial charge on any atom is -0.383 e. The SMILES string of the molecule is COCCn1cnc2cc(C(=O)N3CCCC3c3cccc(C(=O)Nc4ccc(C)cn4)n3)ccc21. The molecule has 2 amide bonds. The summed E-state index contributed by atoms with van der Waals surface area (Å²) < 4.78 is 7.17. The summed E-state index contributed by atoms with van der Waals surface area (Å²) in [5.74, 6) is 0.0699. The van der Waals surface area contributed by atoms with Crippen LogP contribution < -0.4 is 5.32 Å². The van der Waals surface area contributed by atoms with E-state index in [2.05, 4.69) is 20.3 Å². The highest BCUT2D eigenvalue weighted by molar-refractivity contribution is 6.02. The van der Waals surface area contributed by atoms with Crippen molar-refractivity contribution >= 4 is 28.7 Å². The number of aromatic nitrogens is 4. The zero-order valence-corrected chi connectivity index (χ0v) is 20.3. The summed E-state index contributed by atoms with van der Waals surface area (Å²) in [5.41, 5.74) is 4.33. The Bertz CT molecular complexity index is 1400. The molecule has 1 aromatic carbocycles. The summed E-state index contributed by atoms with van der Waals surface area (Å²) in [7, 11) is 1.67. The minimum absolute atomic E-state index is 0.0636. The van der Waals surface area contributed by atoms with E-state index >= 15 is 0 Å². The van der Waals surface area contributed by atoms with Gasteiger partial charge in [0.05, 0.1) is 35.7 Å². The molecule has 184 valence electrons. The van der Waals surface area contributed by atoms with Crippen LogP contribution in [0.25, 0.3) is 11.0 Å². The van der Waals surface area contributed by atoms with E-state index in [1.54, 1.807) is 37.8 Å². The van der Waals surface area contributed by atoms with Crippen molar-refractivity contribution in [1.82, 2.24) is 24.4 Å². The molecule has 36 heavy (non-hydrogen) atoms. The summed E-state index contributed by atoms with van der Waals surface area (Å²) in [5, 5.41) is 2.78. The van der Waals surface area contributed by atoms with Crippen LogP contribution in [0, 0.1) is 6.92 Å². The standard InChI is InChI=1S/C27H28N6O3/c1-18-8-11-25(28-16-18)31-26(34)21-6-3-5-20(30-21)24-7-4-12-33(24)27(35)19-9-10-23-22(15-19)29-17-32(23)13-14-36-2/h3,5-6,8-11,15-17,24H,4,7,12-14H2,1-2H3,(H,28,31,34). The van der Waals surface area contributed by atoms with Crippen LogP contribution in [0.15, 0.2) is 61.1 Å². The fourth-order valence-corrected chi connectivity index (χ4v) is 4.53. The van der Waals surface area contributed by atoms with Gasteiger partial charge in [0.1, 0.15) is 11.5 Å². The number of methoxy groups -OCH3 is 1. The Balaban J connectivity index is 1.34. The van der Waals surface area contributed by atoms with E-state index in [0.29, 0.717) is 36.8 Å². The maximum Gasteiger partial charge on any atom is 0.275 e. The molecule has 0 spiro atoms. The Labute approximate surface area is 209 Å². The Hall–Kier alpha value is -4.11. The molecule has 1 fully saturated rings. The normalized spacial score (nSPS) is 15.4. The summed E-state index contributed by atoms with van der Waals surface area (Å²) in [6, 6.07) is 14.4. The average molecular weight is 485 g/mol. The molecule has 0 saturated carbocycles. The molecule has 1 saturated heterocycles. The molecule has 5 rings (SSSR count). The van der Waals surface area contributed by atoms with Gasteiger partial charge in [0.2, 0.25) is 0 Å². The Morgan fingerprint density at radius 3 is 2.83 bits per heavy atom. The van der Waals surface area contributed by atoms with Crippen molar-refractivity contribution in [2.75, 3.05) is 25.6 Å². The zero-order chi connectivity index (χ0) is 25.1. The number of carbonyl (C=O) groups excluding carboxylic acids is 2. The van der Waals surface area contributed by atoms with Gasteiger partial charge in [-0.25, -0.2) is 15.0 Å². The van der Waals surface area contributed by atoms with Crippen LogP contribution in [0.1, 0.15) is 51.0 Å². The van der Waals surface area contributed by atoms with Crippen LogP contribution in [0.2, 0.25) is 0 Å². The largest absolute Gasteiger partial charge is 0.383 e. The van der Waals surface area contributed by atoms with Crippen LogP contribution in [0.3, 0.4) is 0 Å². The molecule has 0 radical (unpaired) electrons. The number of nitrogens with one attached hydrogen (secondary N) is 1. The highest BCUT2D eigenvalue weighted by atomic mass is 16.5. The highest BCUT2D eigenvalue weighted by Crippen LogP contribution is 2.32. The van der Waals surface area contributed by atoms with E-state index in [9.17, 15) is 9.59 Å². The number of rotatable bonds is 7. The van der Waals surface area contributed by atoms with E-state index in [1.807, 2.05) is 46.7 Å². The third-order valence-corrected chi connectivity index (χ3v) is 6.42. The van der Waals surface area contributed by atoms with Gasteiger partial charge in [-0.1, -0.05) is 12.1 Å². The third kappa shape index (κ3) is 4.83. The number of ether oxygens (including phenoxy) is 1. The zero-order valence-electron chi connectivity index (χ0n) is 20.3. The number of amides is 2. The van der Waals surface area contributed by atoms with Crippen molar-refractivity contribution in [3.63, 3.8) is 0 Å². The first-order chi connectivity index (χ1) is 17.5. The van der Waals surface area contributed by atoms with E-state index in [0.717, 1.165) is 29.4 Å². The van der Waals surface area contributed by atoms with Crippen molar-refractivity contribution < 1.29 is 14.3 Å². The molecule has 1 aliphatic heterocycles. The number of nitrogens with zero attached hydrogens (tertiary/aromatic N) is 5. The van der Waals surface area contributed by atoms with Crippen molar-refractivity contribution in [1.29, 1.82) is 0 Å². The molecule has 1 N–H and O–H groups in total. The van der Waals surface area contributed by atoms with Gasteiger partial charge in [-0.05, 0) is 61.7 Å². The van der Waals surface area contributed by atoms with Crippen LogP contribution in [-0.4, -0.2) is 56.5 Å². The van der Waals surface area contributed by atoms with Gasteiger partial charge in [0.25, 0.3) is 11.8 Å². The fourth-order valence-electron chi connectivity index (χ4n) is 4.53. The number of hydrogen-bond donors (Lipinski definition) is 1. The molecular weight excluding hydrogens is 456 g/mol. The molecule has 9 heteroatoms. The van der Waals surface area contributed by atoms with Gasteiger partial charge in [0, 0.05) is 32.0 Å². The predicted octanol–water partition coefficient (Wildman–Crippen LogP) is 4.01. The first kappa shape index (κ1) is 23.6. The van der Waals surface area contributed by atoms with Crippen LogP contribution in [0.4, 0.5) is 5.82 Å². The third-order valence-electron chi connectivity index (χ3n) is 6.42. The molecule has 1 atom stereocenters. The van der Waals surface area contributed by atoms with Gasteiger partial charge < -0.3 is 19.5 Å². The van der Waals surface area contributed by atoms with Crippen LogP contribution in [0.5, 0.6) is 0 Å². The van der Waals surface area contributed by atoms with E-state index < -0.39 is 0 Å². The van der Waals surface area contributed by atoms with Gasteiger partial charge in [0.15, 0.2) is 0 Å². The van der Waals surface area contributed by atoms with Gasteiger partial charge >= 0.3 is 0 Å². The lowest BCUT2D eigenvalue weighted by atomic mass is 10.1. The molecular formula is C27H28N6O3. The van der Waals surface area contributed by atoms with Crippen molar-refractivity contribution in [3.8, 4) is 0 Å². The first-order valence-electron chi connectivity index (χ1n) is 12.0. The number of anilines is 1. The number of aryl methyl sites for hydroxylation is 1. The molecule has 1 aliphatic rings. The van der Waals surface area contributed by atoms with Crippen LogP contribution >= 0.6 is 0 Å². The molecule has 3 aromatic heterocycles. The Morgan fingerprint density at radius 2 is 2.03 bits per heavy atom. The van der Waals surface area contributed by atoms with Crippen molar-refractivity contribution in [3.05, 3.63) is 83.6 Å². The average Bonchev–Trinajstić information content (AvgIpc) is 3.55. The molecule has 9 nitrogen and oxygen atoms in total. The van der Waals surface area contributed by atoms with Gasteiger partial charge in [-0.15, -0.1) is 0 Å². The Morgan fingerprint density at radius 1 is 1.14 bits per heavy atom. The lowest BCUT2D eigenvalue weighted by Gasteiger charge is -2.24. The number of carbonyl (C=O) groups is 2. The summed E-state index contributed by atoms with van der Waals surface area (Å²) >= 11 is 0. The lowest BCUT2D eigenvalue weighted by Crippen LogP contribution is -2.31. The van der Waals surface area contributed by atoms with E-state index in [1.165, 1.54) is 0 Å². The molecule has 0 bridgehead atoms. The topological polar surface area (TPSA) is 102 Å². The molecule has 1 unspecified atom stereocenters. The molecule has 4 heterocycles. The van der Waals surface area contributed by atoms with Gasteiger partial charge in [-0.3, -0.25) is 9.59 Å². The highest BCUT2D eigenvalue weighted by Gasteiger charge is 2.32. The number of imidazole rings is 1. The summed E-state index contributed by atoms with van der Waals surface area (Å²) in [6.45, 7) is 3.86. The smallest absolute Gasteiger partial charge is 0.275 e. The summed E-state index contributed by atoms with van der Waals surface area (Å²) in [6.07, 6.45) is 5.12. The first-order valence-corrected chi connectivity index (χ1v) is 12.0. The minimum atomic E-state index is -0.335. The maximum atomic E-state index is 13.5.